The van der Waals surface area contributed by atoms with Gasteiger partial charge in [-0.15, -0.1) is 0 Å². The van der Waals surface area contributed by atoms with Crippen molar-refractivity contribution in [3.63, 3.8) is 0 Å². The van der Waals surface area contributed by atoms with Crippen molar-refractivity contribution in [3.8, 4) is 5.75 Å². The van der Waals surface area contributed by atoms with Crippen LogP contribution in [-0.2, 0) is 26.4 Å². The molecule has 2 aromatic rings. The minimum Gasteiger partial charge on any atom is -0.488 e. The van der Waals surface area contributed by atoms with E-state index in [1.165, 1.54) is 0 Å². The maximum absolute atomic E-state index is 10.3. The molecule has 6 nitrogen and oxygen atoms in total. The predicted octanol–water partition coefficient (Wildman–Crippen LogP) is 3.43. The fourth-order valence-corrected chi connectivity index (χ4v) is 4.45. The van der Waals surface area contributed by atoms with Crippen LogP contribution < -0.4 is 4.74 Å². The van der Waals surface area contributed by atoms with E-state index in [-0.39, 0.29) is 19.1 Å². The van der Waals surface area contributed by atoms with Crippen molar-refractivity contribution in [2.75, 3.05) is 26.9 Å². The van der Waals surface area contributed by atoms with E-state index in [4.69, 9.17) is 30.5 Å². The number of benzene rings is 2. The molecule has 2 N–H and O–H groups in total. The van der Waals surface area contributed by atoms with E-state index in [1.807, 2.05) is 42.5 Å². The van der Waals surface area contributed by atoms with Crippen molar-refractivity contribution in [1.82, 2.24) is 0 Å². The van der Waals surface area contributed by atoms with Crippen LogP contribution in [0.15, 0.2) is 42.5 Å². The molecule has 0 spiro atoms. The summed E-state index contributed by atoms with van der Waals surface area (Å²) in [6.45, 7) is 1.21. The number of methoxy groups -OCH3 is 1. The minimum absolute atomic E-state index is 0.121. The first-order valence-electron chi connectivity index (χ1n) is 10.7. The lowest BCUT2D eigenvalue weighted by atomic mass is 9.91. The zero-order valence-electron chi connectivity index (χ0n) is 17.6. The molecule has 0 bridgehead atoms. The third-order valence-corrected chi connectivity index (χ3v) is 6.29. The average molecular weight is 449 g/mol. The van der Waals surface area contributed by atoms with E-state index < -0.39 is 18.0 Å². The Bertz CT molecular complexity index is 867. The van der Waals surface area contributed by atoms with Gasteiger partial charge in [-0.1, -0.05) is 29.8 Å². The van der Waals surface area contributed by atoms with Crippen LogP contribution in [0.5, 0.6) is 5.75 Å². The number of ether oxygens (including phenoxy) is 4. The molecule has 4 rings (SSSR count). The van der Waals surface area contributed by atoms with Gasteiger partial charge in [-0.3, -0.25) is 0 Å². The van der Waals surface area contributed by atoms with Gasteiger partial charge in [0.2, 0.25) is 0 Å². The molecular formula is C24H29ClO6. The van der Waals surface area contributed by atoms with Crippen LogP contribution in [0.4, 0.5) is 0 Å². The lowest BCUT2D eigenvalue weighted by Crippen LogP contribution is -2.46. The molecule has 2 fully saturated rings. The Morgan fingerprint density at radius 3 is 2.68 bits per heavy atom. The van der Waals surface area contributed by atoms with Gasteiger partial charge in [0.1, 0.15) is 11.9 Å². The quantitative estimate of drug-likeness (QED) is 0.675. The largest absolute Gasteiger partial charge is 0.488 e. The van der Waals surface area contributed by atoms with Crippen LogP contribution in [0.2, 0.25) is 5.02 Å². The lowest BCUT2D eigenvalue weighted by Gasteiger charge is -2.42. The highest BCUT2D eigenvalue weighted by Gasteiger charge is 2.43. The first kappa shape index (κ1) is 22.5. The van der Waals surface area contributed by atoms with Crippen molar-refractivity contribution in [3.05, 3.63) is 64.2 Å². The highest BCUT2D eigenvalue weighted by molar-refractivity contribution is 6.31. The zero-order valence-corrected chi connectivity index (χ0v) is 18.4. The Balaban J connectivity index is 1.52. The Morgan fingerprint density at radius 2 is 2.00 bits per heavy atom. The number of aliphatic hydroxyl groups is 2. The average Bonchev–Trinajstić information content (AvgIpc) is 3.29. The van der Waals surface area contributed by atoms with E-state index in [1.54, 1.807) is 7.11 Å². The number of rotatable bonds is 7. The van der Waals surface area contributed by atoms with Crippen molar-refractivity contribution in [2.45, 2.75) is 49.8 Å². The van der Waals surface area contributed by atoms with Crippen LogP contribution in [0.1, 0.15) is 36.0 Å². The highest BCUT2D eigenvalue weighted by Crippen LogP contribution is 2.40. The van der Waals surface area contributed by atoms with Crippen LogP contribution in [0.25, 0.3) is 0 Å². The van der Waals surface area contributed by atoms with Crippen molar-refractivity contribution < 1.29 is 29.2 Å². The second kappa shape index (κ2) is 9.86. The van der Waals surface area contributed by atoms with Gasteiger partial charge in [-0.2, -0.15) is 0 Å². The summed E-state index contributed by atoms with van der Waals surface area (Å²) in [5.74, 6) is -0.289. The molecule has 168 valence electrons. The summed E-state index contributed by atoms with van der Waals surface area (Å²) in [6.07, 6.45) is 1.23. The van der Waals surface area contributed by atoms with Crippen molar-refractivity contribution in [2.24, 2.45) is 0 Å². The predicted molar refractivity (Wildman–Crippen MR) is 116 cm³/mol. The smallest absolute Gasteiger partial charge is 0.197 e. The van der Waals surface area contributed by atoms with E-state index in [0.717, 1.165) is 35.5 Å². The molecule has 2 aromatic carbocycles. The van der Waals surface area contributed by atoms with E-state index in [2.05, 4.69) is 0 Å². The number of aliphatic hydroxyl groups excluding tert-OH is 2. The standard InChI is InChI=1S/C24H29ClO6/c1-28-24(13-19(27)12-22(14-26)31-24)18-4-7-23(25)17(11-18)10-16-2-5-20(6-3-16)30-21-8-9-29-15-21/h2-7,11,19,21-22,26-27H,8-10,12-15H2,1H3. The van der Waals surface area contributed by atoms with Gasteiger partial charge in [0.15, 0.2) is 5.79 Å². The number of halogens is 1. The molecule has 4 atom stereocenters. The molecule has 7 heteroatoms. The van der Waals surface area contributed by atoms with Crippen LogP contribution in [0.3, 0.4) is 0 Å². The second-order valence-corrected chi connectivity index (χ2v) is 8.61. The molecule has 0 radical (unpaired) electrons. The molecule has 0 aliphatic carbocycles. The third-order valence-electron chi connectivity index (χ3n) is 5.92. The van der Waals surface area contributed by atoms with E-state index in [9.17, 15) is 10.2 Å². The Labute approximate surface area is 187 Å². The summed E-state index contributed by atoms with van der Waals surface area (Å²) in [5, 5.41) is 20.5. The third kappa shape index (κ3) is 5.22. The summed E-state index contributed by atoms with van der Waals surface area (Å²) in [6, 6.07) is 13.6. The molecule has 2 heterocycles. The number of hydrogen-bond acceptors (Lipinski definition) is 6. The summed E-state index contributed by atoms with van der Waals surface area (Å²) in [7, 11) is 1.55. The van der Waals surface area contributed by atoms with Gasteiger partial charge in [-0.25, -0.2) is 0 Å². The molecule has 2 saturated heterocycles. The first-order valence-corrected chi connectivity index (χ1v) is 11.0. The summed E-state index contributed by atoms with van der Waals surface area (Å²) in [5.41, 5.74) is 2.80. The Kier molecular flexibility index (Phi) is 7.16. The minimum atomic E-state index is -1.12. The molecule has 0 saturated carbocycles. The van der Waals surface area contributed by atoms with Crippen molar-refractivity contribution in [1.29, 1.82) is 0 Å². The summed E-state index contributed by atoms with van der Waals surface area (Å²) in [4.78, 5) is 0. The highest BCUT2D eigenvalue weighted by atomic mass is 35.5. The molecule has 2 aliphatic heterocycles. The van der Waals surface area contributed by atoms with Gasteiger partial charge in [0.25, 0.3) is 0 Å². The SMILES string of the molecule is COC1(c2ccc(Cl)c(Cc3ccc(OC4CCOC4)cc3)c2)CC(O)CC(CO)O1. The maximum Gasteiger partial charge on any atom is 0.197 e. The van der Waals surface area contributed by atoms with Crippen LogP contribution in [-0.4, -0.2) is 55.5 Å². The van der Waals surface area contributed by atoms with Gasteiger partial charge >= 0.3 is 0 Å². The molecule has 4 unspecified atom stereocenters. The Morgan fingerprint density at radius 1 is 1.19 bits per heavy atom. The lowest BCUT2D eigenvalue weighted by molar-refractivity contribution is -0.298. The van der Waals surface area contributed by atoms with Gasteiger partial charge < -0.3 is 29.2 Å². The van der Waals surface area contributed by atoms with Gasteiger partial charge in [0, 0.05) is 37.0 Å². The summed E-state index contributed by atoms with van der Waals surface area (Å²) >= 11 is 6.49. The van der Waals surface area contributed by atoms with Crippen LogP contribution >= 0.6 is 11.6 Å². The normalized spacial score (nSPS) is 28.6. The molecule has 0 aromatic heterocycles. The van der Waals surface area contributed by atoms with E-state index in [0.29, 0.717) is 24.5 Å². The maximum atomic E-state index is 10.3. The zero-order chi connectivity index (χ0) is 21.8. The topological polar surface area (TPSA) is 77.4 Å². The van der Waals surface area contributed by atoms with Gasteiger partial charge in [0.05, 0.1) is 32.0 Å². The Hall–Kier alpha value is -1.67. The second-order valence-electron chi connectivity index (χ2n) is 8.20. The summed E-state index contributed by atoms with van der Waals surface area (Å²) < 4.78 is 23.1. The van der Waals surface area contributed by atoms with Gasteiger partial charge in [-0.05, 0) is 41.8 Å². The monoisotopic (exact) mass is 448 g/mol. The van der Waals surface area contributed by atoms with Crippen molar-refractivity contribution >= 4 is 11.6 Å². The molecular weight excluding hydrogens is 420 g/mol. The first-order chi connectivity index (χ1) is 15.0. The number of hydrogen-bond donors (Lipinski definition) is 2. The molecule has 31 heavy (non-hydrogen) atoms. The van der Waals surface area contributed by atoms with E-state index >= 15 is 0 Å². The molecule has 0 amide bonds. The van der Waals surface area contributed by atoms with Crippen LogP contribution in [0, 0.1) is 0 Å². The fraction of sp³-hybridized carbons (Fsp3) is 0.500. The molecule has 2 aliphatic rings. The fourth-order valence-electron chi connectivity index (χ4n) is 4.26.